The normalized spacial score (nSPS) is 11.6. The number of aryl methyl sites for hydroxylation is 1. The molecule has 0 atom stereocenters. The molecule has 0 aliphatic carbocycles. The maximum atomic E-state index is 11.3. The van der Waals surface area contributed by atoms with E-state index in [1.54, 1.807) is 17.4 Å². The number of benzene rings is 4. The van der Waals surface area contributed by atoms with Crippen LogP contribution in [0.5, 0.6) is 0 Å². The minimum absolute atomic E-state index is 0.267. The van der Waals surface area contributed by atoms with E-state index in [0.29, 0.717) is 0 Å². The molecule has 7 aromatic rings. The number of aromatic nitrogens is 1. The highest BCUT2D eigenvalue weighted by atomic mass is 32.1. The third-order valence-electron chi connectivity index (χ3n) is 8.27. The van der Waals surface area contributed by atoms with Crippen molar-refractivity contribution in [3.05, 3.63) is 132 Å². The lowest BCUT2D eigenvalue weighted by atomic mass is 10.1. The van der Waals surface area contributed by atoms with Gasteiger partial charge in [-0.3, -0.25) is 0 Å². The minimum Gasteiger partial charge on any atom is -0.477 e. The molecule has 0 saturated carbocycles. The van der Waals surface area contributed by atoms with Crippen molar-refractivity contribution < 1.29 is 9.90 Å². The number of para-hydroxylation sites is 2. The van der Waals surface area contributed by atoms with Gasteiger partial charge in [0.15, 0.2) is 0 Å². The van der Waals surface area contributed by atoms with Gasteiger partial charge < -0.3 is 14.6 Å². The standard InChI is InChI=1S/C40H31N3O2S2/c1-2-3-22-42-35-24-27(37-20-21-39(47-37)38-19-16-32(46-38)23-28(26-41)40(44)45)14-17-33(35)34-18-15-31(25-36(34)42)43(29-10-6-4-7-11-29)30-12-8-5-9-13-30/h4-21,23-25H,2-3,22H2,1H3,(H,44,45)/b28-23+. The monoisotopic (exact) mass is 649 g/mol. The van der Waals surface area contributed by atoms with E-state index >= 15 is 0 Å². The molecule has 0 saturated heterocycles. The van der Waals surface area contributed by atoms with Crippen LogP contribution < -0.4 is 4.90 Å². The fraction of sp³-hybridized carbons (Fsp3) is 0.100. The minimum atomic E-state index is -1.21. The second-order valence-corrected chi connectivity index (χ2v) is 13.5. The summed E-state index contributed by atoms with van der Waals surface area (Å²) < 4.78 is 2.48. The van der Waals surface area contributed by atoms with Crippen LogP contribution >= 0.6 is 22.7 Å². The van der Waals surface area contributed by atoms with Gasteiger partial charge in [-0.2, -0.15) is 5.26 Å². The van der Waals surface area contributed by atoms with E-state index in [-0.39, 0.29) is 5.57 Å². The van der Waals surface area contributed by atoms with Crippen molar-refractivity contribution >= 4 is 73.6 Å². The van der Waals surface area contributed by atoms with Gasteiger partial charge in [0.25, 0.3) is 0 Å². The topological polar surface area (TPSA) is 69.3 Å². The number of carbonyl (C=O) groups is 1. The molecular formula is C40H31N3O2S2. The molecule has 0 aliphatic rings. The van der Waals surface area contributed by atoms with Gasteiger partial charge >= 0.3 is 5.97 Å². The lowest BCUT2D eigenvalue weighted by Crippen LogP contribution is -2.09. The zero-order valence-electron chi connectivity index (χ0n) is 25.8. The number of fused-ring (bicyclic) bond motifs is 3. The molecule has 47 heavy (non-hydrogen) atoms. The van der Waals surface area contributed by atoms with Crippen LogP contribution in [0, 0.1) is 11.3 Å². The number of hydrogen-bond acceptors (Lipinski definition) is 5. The third kappa shape index (κ3) is 5.97. The number of aliphatic carboxylic acids is 1. The van der Waals surface area contributed by atoms with E-state index in [2.05, 4.69) is 126 Å². The van der Waals surface area contributed by atoms with Gasteiger partial charge in [0.2, 0.25) is 0 Å². The van der Waals surface area contributed by atoms with Crippen LogP contribution in [-0.2, 0) is 11.3 Å². The summed E-state index contributed by atoms with van der Waals surface area (Å²) in [6.07, 6.45) is 3.62. The molecule has 3 aromatic heterocycles. The summed E-state index contributed by atoms with van der Waals surface area (Å²) in [6.45, 7) is 3.17. The Hall–Kier alpha value is -5.42. The first-order chi connectivity index (χ1) is 23.0. The molecule has 0 spiro atoms. The maximum absolute atomic E-state index is 11.3. The molecule has 4 aromatic carbocycles. The quantitative estimate of drug-likeness (QED) is 0.118. The number of hydrogen-bond donors (Lipinski definition) is 1. The summed E-state index contributed by atoms with van der Waals surface area (Å²) in [5.41, 5.74) is 6.71. The van der Waals surface area contributed by atoms with Crippen molar-refractivity contribution in [2.75, 3.05) is 4.90 Å². The van der Waals surface area contributed by atoms with Crippen molar-refractivity contribution in [3.8, 4) is 26.3 Å². The van der Waals surface area contributed by atoms with Crippen molar-refractivity contribution in [1.82, 2.24) is 4.57 Å². The number of nitrogens with zero attached hydrogens (tertiary/aromatic N) is 3. The lowest BCUT2D eigenvalue weighted by molar-refractivity contribution is -0.132. The van der Waals surface area contributed by atoms with E-state index in [0.717, 1.165) is 51.1 Å². The highest BCUT2D eigenvalue weighted by molar-refractivity contribution is 7.24. The first-order valence-corrected chi connectivity index (χ1v) is 17.2. The summed E-state index contributed by atoms with van der Waals surface area (Å²) in [5, 5.41) is 20.8. The predicted octanol–water partition coefficient (Wildman–Crippen LogP) is 11.5. The Morgan fingerprint density at radius 2 is 1.38 bits per heavy atom. The van der Waals surface area contributed by atoms with Crippen molar-refractivity contribution in [3.63, 3.8) is 0 Å². The van der Waals surface area contributed by atoms with Crippen LogP contribution in [0.3, 0.4) is 0 Å². The van der Waals surface area contributed by atoms with Crippen LogP contribution in [-0.4, -0.2) is 15.6 Å². The van der Waals surface area contributed by atoms with Crippen LogP contribution in [0.2, 0.25) is 0 Å². The summed E-state index contributed by atoms with van der Waals surface area (Å²) in [4.78, 5) is 17.7. The van der Waals surface area contributed by atoms with Crippen LogP contribution in [0.25, 0.3) is 48.1 Å². The smallest absolute Gasteiger partial charge is 0.346 e. The van der Waals surface area contributed by atoms with Crippen LogP contribution in [0.15, 0.2) is 127 Å². The molecule has 7 heteroatoms. The Morgan fingerprint density at radius 3 is 2.04 bits per heavy atom. The van der Waals surface area contributed by atoms with Crippen molar-refractivity contribution in [1.29, 1.82) is 5.26 Å². The molecule has 5 nitrogen and oxygen atoms in total. The lowest BCUT2D eigenvalue weighted by Gasteiger charge is -2.25. The SMILES string of the molecule is CCCCn1c2cc(-c3ccc(-c4ccc(/C=C(\C#N)C(=O)O)s4)s3)ccc2c2ccc(N(c3ccccc3)c3ccccc3)cc21. The number of rotatable bonds is 10. The average molecular weight is 650 g/mol. The van der Waals surface area contributed by atoms with Gasteiger partial charge in [-0.1, -0.05) is 67.9 Å². The summed E-state index contributed by atoms with van der Waals surface area (Å²) in [6, 6.07) is 44.5. The Morgan fingerprint density at radius 1 is 0.766 bits per heavy atom. The zero-order chi connectivity index (χ0) is 32.3. The largest absolute Gasteiger partial charge is 0.477 e. The van der Waals surface area contributed by atoms with Gasteiger partial charge in [0.05, 0.1) is 5.52 Å². The molecule has 3 heterocycles. The maximum Gasteiger partial charge on any atom is 0.346 e. The fourth-order valence-electron chi connectivity index (χ4n) is 6.01. The molecule has 230 valence electrons. The van der Waals surface area contributed by atoms with E-state index in [1.165, 1.54) is 49.7 Å². The molecule has 7 rings (SSSR count). The average Bonchev–Trinajstić information content (AvgIpc) is 3.85. The molecule has 0 aliphatic heterocycles. The van der Waals surface area contributed by atoms with Gasteiger partial charge in [0.1, 0.15) is 11.6 Å². The summed E-state index contributed by atoms with van der Waals surface area (Å²) >= 11 is 3.20. The van der Waals surface area contributed by atoms with Gasteiger partial charge in [-0.15, -0.1) is 22.7 Å². The molecule has 0 bridgehead atoms. The van der Waals surface area contributed by atoms with E-state index in [1.807, 2.05) is 12.1 Å². The number of thiophene rings is 2. The van der Waals surface area contributed by atoms with Gasteiger partial charge in [0, 0.05) is 59.4 Å². The number of nitriles is 1. The number of carboxylic acids is 1. The second-order valence-electron chi connectivity index (χ2n) is 11.3. The molecule has 1 N–H and O–H groups in total. The van der Waals surface area contributed by atoms with Gasteiger partial charge in [-0.05, 0) is 84.8 Å². The highest BCUT2D eigenvalue weighted by Gasteiger charge is 2.18. The molecule has 0 unspecified atom stereocenters. The summed E-state index contributed by atoms with van der Waals surface area (Å²) in [5.74, 6) is -1.21. The predicted molar refractivity (Wildman–Crippen MR) is 197 cm³/mol. The Balaban J connectivity index is 1.30. The van der Waals surface area contributed by atoms with E-state index in [4.69, 9.17) is 5.26 Å². The molecule has 0 amide bonds. The van der Waals surface area contributed by atoms with Crippen LogP contribution in [0.1, 0.15) is 24.6 Å². The van der Waals surface area contributed by atoms with Crippen molar-refractivity contribution in [2.24, 2.45) is 0 Å². The molecule has 0 radical (unpaired) electrons. The number of carboxylic acid groups (broad SMARTS) is 1. The number of unbranched alkanes of at least 4 members (excludes halogenated alkanes) is 1. The molecule has 0 fully saturated rings. The van der Waals surface area contributed by atoms with Gasteiger partial charge in [-0.25, -0.2) is 4.79 Å². The Kier molecular flexibility index (Phi) is 8.45. The summed E-state index contributed by atoms with van der Waals surface area (Å²) in [7, 11) is 0. The van der Waals surface area contributed by atoms with E-state index in [9.17, 15) is 9.90 Å². The third-order valence-corrected chi connectivity index (χ3v) is 10.6. The van der Waals surface area contributed by atoms with Crippen LogP contribution in [0.4, 0.5) is 17.1 Å². The fourth-order valence-corrected chi connectivity index (χ4v) is 8.05. The van der Waals surface area contributed by atoms with Crippen molar-refractivity contribution in [2.45, 2.75) is 26.3 Å². The Labute approximate surface area is 281 Å². The van der Waals surface area contributed by atoms with E-state index < -0.39 is 5.97 Å². The second kappa shape index (κ2) is 13.1. The zero-order valence-corrected chi connectivity index (χ0v) is 27.4. The highest BCUT2D eigenvalue weighted by Crippen LogP contribution is 2.42. The molecular weight excluding hydrogens is 619 g/mol. The number of anilines is 3. The first kappa shape index (κ1) is 30.2. The Bertz CT molecular complexity index is 2250. The first-order valence-electron chi connectivity index (χ1n) is 15.6.